The van der Waals surface area contributed by atoms with Gasteiger partial charge in [-0.15, -0.1) is 0 Å². The van der Waals surface area contributed by atoms with Gasteiger partial charge in [-0.2, -0.15) is 5.10 Å². The average Bonchev–Trinajstić information content (AvgIpc) is 3.41. The van der Waals surface area contributed by atoms with Gasteiger partial charge in [-0.05, 0) is 36.1 Å². The summed E-state index contributed by atoms with van der Waals surface area (Å²) in [7, 11) is 1.80. The topological polar surface area (TPSA) is 58.4 Å². The molecule has 34 heavy (non-hydrogen) atoms. The van der Waals surface area contributed by atoms with E-state index in [0.717, 1.165) is 24.2 Å². The Balaban J connectivity index is 1.49. The summed E-state index contributed by atoms with van der Waals surface area (Å²) in [6.07, 6.45) is 2.39. The summed E-state index contributed by atoms with van der Waals surface area (Å²) in [6.45, 7) is 2.88. The van der Waals surface area contributed by atoms with Gasteiger partial charge in [0.05, 0.1) is 11.9 Å². The number of para-hydroxylation sites is 1. The number of amides is 1. The van der Waals surface area contributed by atoms with Crippen LogP contribution in [0.3, 0.4) is 0 Å². The molecule has 3 aromatic carbocycles. The third-order valence-electron chi connectivity index (χ3n) is 6.44. The smallest absolute Gasteiger partial charge is 0.274 e. The zero-order chi connectivity index (χ0) is 23.5. The van der Waals surface area contributed by atoms with Crippen LogP contribution in [0.15, 0.2) is 83.7 Å². The molecular formula is C28H28N4O2. The van der Waals surface area contributed by atoms with Crippen molar-refractivity contribution in [3.63, 3.8) is 0 Å². The van der Waals surface area contributed by atoms with Crippen molar-refractivity contribution in [2.24, 2.45) is 0 Å². The summed E-state index contributed by atoms with van der Waals surface area (Å²) in [5.74, 6) is -0.200. The number of carbonyl (C=O) groups is 1. The molecule has 1 aromatic heterocycles. The molecule has 2 heterocycles. The molecule has 1 aliphatic rings. The predicted molar refractivity (Wildman–Crippen MR) is 135 cm³/mol. The summed E-state index contributed by atoms with van der Waals surface area (Å²) >= 11 is 0. The summed E-state index contributed by atoms with van der Waals surface area (Å²) in [5.41, 5.74) is 3.36. The molecule has 6 heteroatoms. The molecule has 0 atom stereocenters. The fraction of sp³-hybridized carbons (Fsp3) is 0.250. The second-order valence-corrected chi connectivity index (χ2v) is 8.83. The van der Waals surface area contributed by atoms with Crippen molar-refractivity contribution in [3.05, 3.63) is 106 Å². The van der Waals surface area contributed by atoms with E-state index in [9.17, 15) is 9.59 Å². The maximum absolute atomic E-state index is 13.6. The molecule has 0 bridgehead atoms. The maximum Gasteiger partial charge on any atom is 0.274 e. The van der Waals surface area contributed by atoms with Crippen LogP contribution in [0.4, 0.5) is 5.69 Å². The van der Waals surface area contributed by atoms with Crippen LogP contribution in [0.2, 0.25) is 0 Å². The number of carbonyl (C=O) groups excluding carboxylic acids is 1. The molecule has 0 unspecified atom stereocenters. The first-order valence-corrected chi connectivity index (χ1v) is 11.7. The van der Waals surface area contributed by atoms with Crippen molar-refractivity contribution in [2.45, 2.75) is 25.9 Å². The summed E-state index contributed by atoms with van der Waals surface area (Å²) < 4.78 is 1.40. The Morgan fingerprint density at radius 1 is 0.882 bits per heavy atom. The highest BCUT2D eigenvalue weighted by Gasteiger charge is 2.22. The van der Waals surface area contributed by atoms with Gasteiger partial charge in [0.15, 0.2) is 5.69 Å². The van der Waals surface area contributed by atoms with Gasteiger partial charge in [-0.3, -0.25) is 9.59 Å². The van der Waals surface area contributed by atoms with Gasteiger partial charge in [-0.1, -0.05) is 66.7 Å². The number of anilines is 1. The Morgan fingerprint density at radius 3 is 2.29 bits per heavy atom. The van der Waals surface area contributed by atoms with E-state index in [1.165, 1.54) is 23.2 Å². The molecule has 6 nitrogen and oxygen atoms in total. The van der Waals surface area contributed by atoms with Gasteiger partial charge in [0.1, 0.15) is 0 Å². The lowest BCUT2D eigenvalue weighted by molar-refractivity contribution is 0.0779. The number of nitrogens with zero attached hydrogens (tertiary/aromatic N) is 4. The maximum atomic E-state index is 13.6. The molecule has 0 spiro atoms. The van der Waals surface area contributed by atoms with Crippen LogP contribution in [0.1, 0.15) is 34.5 Å². The van der Waals surface area contributed by atoms with E-state index >= 15 is 0 Å². The Labute approximate surface area is 199 Å². The fourth-order valence-electron chi connectivity index (χ4n) is 4.68. The lowest BCUT2D eigenvalue weighted by Gasteiger charge is -2.24. The molecule has 0 aliphatic carbocycles. The quantitative estimate of drug-likeness (QED) is 0.437. The van der Waals surface area contributed by atoms with Gasteiger partial charge in [-0.25, -0.2) is 4.68 Å². The van der Waals surface area contributed by atoms with Crippen molar-refractivity contribution < 1.29 is 4.79 Å². The summed E-state index contributed by atoms with van der Waals surface area (Å²) in [4.78, 5) is 30.9. The van der Waals surface area contributed by atoms with Gasteiger partial charge in [0.25, 0.3) is 11.5 Å². The zero-order valence-electron chi connectivity index (χ0n) is 19.4. The molecular weight excluding hydrogens is 424 g/mol. The van der Waals surface area contributed by atoms with Crippen LogP contribution in [-0.4, -0.2) is 40.7 Å². The number of hydrogen-bond donors (Lipinski definition) is 0. The predicted octanol–water partition coefficient (Wildman–Crippen LogP) is 4.32. The van der Waals surface area contributed by atoms with Crippen molar-refractivity contribution in [1.29, 1.82) is 0 Å². The Bertz CT molecular complexity index is 1370. The number of fused-ring (bicyclic) bond motifs is 1. The third-order valence-corrected chi connectivity index (χ3v) is 6.44. The van der Waals surface area contributed by atoms with Gasteiger partial charge in [0.2, 0.25) is 0 Å². The first-order valence-electron chi connectivity index (χ1n) is 11.7. The van der Waals surface area contributed by atoms with Crippen LogP contribution in [-0.2, 0) is 13.1 Å². The first-order chi connectivity index (χ1) is 16.6. The van der Waals surface area contributed by atoms with Crippen LogP contribution in [0, 0.1) is 0 Å². The average molecular weight is 453 g/mol. The van der Waals surface area contributed by atoms with E-state index in [0.29, 0.717) is 29.6 Å². The minimum Gasteiger partial charge on any atom is -0.371 e. The van der Waals surface area contributed by atoms with Crippen molar-refractivity contribution in [1.82, 2.24) is 14.7 Å². The molecule has 1 amide bonds. The van der Waals surface area contributed by atoms with Crippen LogP contribution in [0.5, 0.6) is 0 Å². The minimum atomic E-state index is -0.200. The highest BCUT2D eigenvalue weighted by molar-refractivity contribution is 6.04. The highest BCUT2D eigenvalue weighted by atomic mass is 16.2. The lowest BCUT2D eigenvalue weighted by Crippen LogP contribution is -2.32. The number of hydrogen-bond acceptors (Lipinski definition) is 4. The van der Waals surface area contributed by atoms with Gasteiger partial charge >= 0.3 is 0 Å². The second-order valence-electron chi connectivity index (χ2n) is 8.83. The summed E-state index contributed by atoms with van der Waals surface area (Å²) in [5, 5.41) is 5.65. The first kappa shape index (κ1) is 21.9. The van der Waals surface area contributed by atoms with Crippen LogP contribution < -0.4 is 10.5 Å². The van der Waals surface area contributed by atoms with E-state index < -0.39 is 0 Å². The van der Waals surface area contributed by atoms with E-state index in [1.807, 2.05) is 54.6 Å². The fourth-order valence-corrected chi connectivity index (χ4v) is 4.68. The lowest BCUT2D eigenvalue weighted by atomic mass is 10.1. The molecule has 1 fully saturated rings. The SMILES string of the molecule is CN(Cc1ccccc1N1CCCC1)C(=O)c1nn(Cc2ccccc2)c(=O)c2ccccc12. The largest absolute Gasteiger partial charge is 0.371 e. The molecule has 4 aromatic rings. The standard InChI is InChI=1S/C28H28N4O2/c1-30(20-22-13-5-8-16-25(22)31-17-9-10-18-31)28(34)26-23-14-6-7-15-24(23)27(33)32(29-26)19-21-11-3-2-4-12-21/h2-8,11-16H,9-10,17-20H2,1H3. The van der Waals surface area contributed by atoms with Crippen molar-refractivity contribution >= 4 is 22.4 Å². The third kappa shape index (κ3) is 4.31. The van der Waals surface area contributed by atoms with E-state index in [2.05, 4.69) is 22.1 Å². The number of rotatable bonds is 6. The Kier molecular flexibility index (Phi) is 6.12. The van der Waals surface area contributed by atoms with E-state index in [4.69, 9.17) is 0 Å². The van der Waals surface area contributed by atoms with Crippen molar-refractivity contribution in [3.8, 4) is 0 Å². The molecule has 172 valence electrons. The summed E-state index contributed by atoms with van der Waals surface area (Å²) in [6, 6.07) is 25.2. The van der Waals surface area contributed by atoms with Gasteiger partial charge in [0, 0.05) is 37.8 Å². The number of benzene rings is 3. The zero-order valence-corrected chi connectivity index (χ0v) is 19.4. The highest BCUT2D eigenvalue weighted by Crippen LogP contribution is 2.26. The van der Waals surface area contributed by atoms with E-state index in [1.54, 1.807) is 24.1 Å². The molecule has 0 N–H and O–H groups in total. The van der Waals surface area contributed by atoms with Gasteiger partial charge < -0.3 is 9.80 Å². The van der Waals surface area contributed by atoms with E-state index in [-0.39, 0.29) is 11.5 Å². The molecule has 0 saturated carbocycles. The molecule has 0 radical (unpaired) electrons. The normalized spacial score (nSPS) is 13.4. The molecule has 1 saturated heterocycles. The number of aromatic nitrogens is 2. The monoisotopic (exact) mass is 452 g/mol. The van der Waals surface area contributed by atoms with Crippen molar-refractivity contribution in [2.75, 3.05) is 25.0 Å². The van der Waals surface area contributed by atoms with Crippen LogP contribution in [0.25, 0.3) is 10.8 Å². The Hall–Kier alpha value is -3.93. The molecule has 5 rings (SSSR count). The minimum absolute atomic E-state index is 0.196. The Morgan fingerprint density at radius 2 is 1.53 bits per heavy atom. The second kappa shape index (κ2) is 9.51. The molecule has 1 aliphatic heterocycles. The van der Waals surface area contributed by atoms with Crippen LogP contribution >= 0.6 is 0 Å².